The fourth-order valence-electron chi connectivity index (χ4n) is 9.68. The standard InChI is InChI=1S/C36H52O2/c1-25(2)10-9-11-26(3)31-17-18-32-30-16-15-28-24-29(38-34(37)19-14-27-12-7-6-8-13-27)20-22-35(28,4)33(30)21-23-36(31,32)5/h6-8,12-15,19,25-26,29-33H,9-11,16-18,20-24H2,1-5H3/t26?,29?,30?,31?,32?,33?,35-,36+/m0/s1. The van der Waals surface area contributed by atoms with Crippen LogP contribution in [0, 0.1) is 46.3 Å². The summed E-state index contributed by atoms with van der Waals surface area (Å²) in [4.78, 5) is 12.6. The second-order valence-electron chi connectivity index (χ2n) is 14.3. The number of rotatable bonds is 8. The predicted octanol–water partition coefficient (Wildman–Crippen LogP) is 9.65. The number of ether oxygens (including phenoxy) is 1. The van der Waals surface area contributed by atoms with Crippen LogP contribution in [0.2, 0.25) is 0 Å². The van der Waals surface area contributed by atoms with E-state index in [1.165, 1.54) is 57.8 Å². The first-order chi connectivity index (χ1) is 18.2. The molecule has 0 aliphatic heterocycles. The number of hydrogen-bond acceptors (Lipinski definition) is 2. The van der Waals surface area contributed by atoms with Gasteiger partial charge in [0.05, 0.1) is 0 Å². The van der Waals surface area contributed by atoms with E-state index in [0.29, 0.717) is 10.8 Å². The topological polar surface area (TPSA) is 26.3 Å². The van der Waals surface area contributed by atoms with Crippen LogP contribution < -0.4 is 0 Å². The summed E-state index contributed by atoms with van der Waals surface area (Å²) in [6, 6.07) is 9.99. The SMILES string of the molecule is CC(C)CCCC(C)C1CCC2C3CC=C4CC(OC(=O)C=Cc5ccccc5)CC[C@]4(C)C3CC[C@]12C. The van der Waals surface area contributed by atoms with Gasteiger partial charge in [-0.05, 0) is 103 Å². The van der Waals surface area contributed by atoms with Gasteiger partial charge in [-0.3, -0.25) is 0 Å². The maximum Gasteiger partial charge on any atom is 0.331 e. The summed E-state index contributed by atoms with van der Waals surface area (Å²) in [5.74, 6) is 4.97. The molecule has 0 amide bonds. The smallest absolute Gasteiger partial charge is 0.331 e. The molecule has 0 aromatic heterocycles. The van der Waals surface area contributed by atoms with Gasteiger partial charge < -0.3 is 4.74 Å². The molecule has 0 radical (unpaired) electrons. The molecule has 0 spiro atoms. The van der Waals surface area contributed by atoms with Crippen LogP contribution in [0.3, 0.4) is 0 Å². The molecule has 6 unspecified atom stereocenters. The Morgan fingerprint density at radius 1 is 1.00 bits per heavy atom. The second kappa shape index (κ2) is 11.3. The second-order valence-corrected chi connectivity index (χ2v) is 14.3. The zero-order valence-corrected chi connectivity index (χ0v) is 24.8. The van der Waals surface area contributed by atoms with E-state index in [4.69, 9.17) is 4.74 Å². The normalized spacial score (nSPS) is 37.3. The molecular weight excluding hydrogens is 464 g/mol. The lowest BCUT2D eigenvalue weighted by Crippen LogP contribution is -2.51. The molecule has 0 bridgehead atoms. The number of carbonyl (C=O) groups excluding carboxylic acids is 1. The zero-order chi connectivity index (χ0) is 26.9. The third-order valence-electron chi connectivity index (χ3n) is 11.8. The van der Waals surface area contributed by atoms with Crippen LogP contribution in [0.15, 0.2) is 48.1 Å². The van der Waals surface area contributed by atoms with Gasteiger partial charge >= 0.3 is 5.97 Å². The summed E-state index contributed by atoms with van der Waals surface area (Å²) >= 11 is 0. The monoisotopic (exact) mass is 516 g/mol. The lowest BCUT2D eigenvalue weighted by atomic mass is 9.47. The molecule has 8 atom stereocenters. The van der Waals surface area contributed by atoms with Crippen molar-refractivity contribution in [3.63, 3.8) is 0 Å². The fourth-order valence-corrected chi connectivity index (χ4v) is 9.68. The Kier molecular flexibility index (Phi) is 8.28. The third-order valence-corrected chi connectivity index (χ3v) is 11.8. The van der Waals surface area contributed by atoms with Crippen molar-refractivity contribution in [1.82, 2.24) is 0 Å². The highest BCUT2D eigenvalue weighted by molar-refractivity contribution is 5.87. The number of allylic oxidation sites excluding steroid dienone is 1. The Hall–Kier alpha value is -1.83. The maximum absolute atomic E-state index is 12.6. The van der Waals surface area contributed by atoms with Crippen LogP contribution in [0.25, 0.3) is 6.08 Å². The molecule has 38 heavy (non-hydrogen) atoms. The Bertz CT molecular complexity index is 1020. The van der Waals surface area contributed by atoms with Crippen LogP contribution >= 0.6 is 0 Å². The molecule has 1 aromatic carbocycles. The average Bonchev–Trinajstić information content (AvgIpc) is 3.25. The van der Waals surface area contributed by atoms with E-state index in [1.54, 1.807) is 11.6 Å². The molecule has 3 fully saturated rings. The predicted molar refractivity (Wildman–Crippen MR) is 158 cm³/mol. The number of esters is 1. The van der Waals surface area contributed by atoms with Gasteiger partial charge in [-0.2, -0.15) is 0 Å². The Labute approximate surface area is 232 Å². The fraction of sp³-hybridized carbons (Fsp3) is 0.694. The Balaban J connectivity index is 1.22. The van der Waals surface area contributed by atoms with E-state index >= 15 is 0 Å². The molecule has 5 rings (SSSR count). The van der Waals surface area contributed by atoms with Gasteiger partial charge in [-0.1, -0.05) is 95.9 Å². The van der Waals surface area contributed by atoms with Gasteiger partial charge in [-0.25, -0.2) is 4.79 Å². The first kappa shape index (κ1) is 27.7. The molecule has 4 aliphatic carbocycles. The maximum atomic E-state index is 12.6. The molecule has 208 valence electrons. The van der Waals surface area contributed by atoms with Crippen LogP contribution in [-0.2, 0) is 9.53 Å². The van der Waals surface area contributed by atoms with Crippen molar-refractivity contribution in [1.29, 1.82) is 0 Å². The van der Waals surface area contributed by atoms with Crippen molar-refractivity contribution in [3.8, 4) is 0 Å². The van der Waals surface area contributed by atoms with Gasteiger partial charge in [0.2, 0.25) is 0 Å². The van der Waals surface area contributed by atoms with Crippen molar-refractivity contribution >= 4 is 12.0 Å². The molecule has 3 saturated carbocycles. The van der Waals surface area contributed by atoms with E-state index in [2.05, 4.69) is 40.7 Å². The van der Waals surface area contributed by atoms with E-state index in [-0.39, 0.29) is 12.1 Å². The lowest BCUT2D eigenvalue weighted by molar-refractivity contribution is -0.145. The number of benzene rings is 1. The molecule has 1 aromatic rings. The van der Waals surface area contributed by atoms with Gasteiger partial charge in [0.15, 0.2) is 0 Å². The van der Waals surface area contributed by atoms with Crippen LogP contribution in [-0.4, -0.2) is 12.1 Å². The minimum Gasteiger partial charge on any atom is -0.459 e. The third kappa shape index (κ3) is 5.44. The highest BCUT2D eigenvalue weighted by atomic mass is 16.5. The first-order valence-corrected chi connectivity index (χ1v) is 15.8. The number of fused-ring (bicyclic) bond motifs is 5. The van der Waals surface area contributed by atoms with Crippen molar-refractivity contribution < 1.29 is 9.53 Å². The molecule has 4 aliphatic rings. The van der Waals surface area contributed by atoms with Gasteiger partial charge in [0.25, 0.3) is 0 Å². The minimum atomic E-state index is -0.204. The largest absolute Gasteiger partial charge is 0.459 e. The summed E-state index contributed by atoms with van der Waals surface area (Å²) in [6.45, 7) is 12.6. The number of hydrogen-bond donors (Lipinski definition) is 0. The van der Waals surface area contributed by atoms with E-state index in [0.717, 1.165) is 53.9 Å². The summed E-state index contributed by atoms with van der Waals surface area (Å²) in [5.41, 5.74) is 3.46. The molecule has 0 saturated heterocycles. The summed E-state index contributed by atoms with van der Waals surface area (Å²) in [5, 5.41) is 0. The summed E-state index contributed by atoms with van der Waals surface area (Å²) in [7, 11) is 0. The van der Waals surface area contributed by atoms with Crippen molar-refractivity contribution in [2.24, 2.45) is 46.3 Å². The van der Waals surface area contributed by atoms with Crippen LogP contribution in [0.5, 0.6) is 0 Å². The highest BCUT2D eigenvalue weighted by Crippen LogP contribution is 2.67. The molecule has 2 heteroatoms. The minimum absolute atomic E-state index is 0.0233. The van der Waals surface area contributed by atoms with E-state index in [1.807, 2.05) is 36.4 Å². The Morgan fingerprint density at radius 2 is 1.79 bits per heavy atom. The molecule has 0 heterocycles. The average molecular weight is 517 g/mol. The van der Waals surface area contributed by atoms with Gasteiger partial charge in [0, 0.05) is 12.5 Å². The van der Waals surface area contributed by atoms with E-state index in [9.17, 15) is 4.79 Å². The summed E-state index contributed by atoms with van der Waals surface area (Å²) in [6.07, 6.45) is 20.3. The van der Waals surface area contributed by atoms with E-state index < -0.39 is 0 Å². The Morgan fingerprint density at radius 3 is 2.55 bits per heavy atom. The molecule has 2 nitrogen and oxygen atoms in total. The van der Waals surface area contributed by atoms with Crippen molar-refractivity contribution in [3.05, 3.63) is 53.6 Å². The van der Waals surface area contributed by atoms with Crippen LogP contribution in [0.1, 0.15) is 111 Å². The van der Waals surface area contributed by atoms with Crippen molar-refractivity contribution in [2.45, 2.75) is 111 Å². The molecule has 0 N–H and O–H groups in total. The zero-order valence-electron chi connectivity index (χ0n) is 24.8. The van der Waals surface area contributed by atoms with Crippen LogP contribution in [0.4, 0.5) is 0 Å². The number of carbonyl (C=O) groups is 1. The van der Waals surface area contributed by atoms with Crippen molar-refractivity contribution in [2.75, 3.05) is 0 Å². The first-order valence-electron chi connectivity index (χ1n) is 15.8. The quantitative estimate of drug-likeness (QED) is 0.195. The lowest BCUT2D eigenvalue weighted by Gasteiger charge is -2.58. The van der Waals surface area contributed by atoms with Gasteiger partial charge in [0.1, 0.15) is 6.10 Å². The highest BCUT2D eigenvalue weighted by Gasteiger charge is 2.59. The molecular formula is C36H52O2. The summed E-state index contributed by atoms with van der Waals surface area (Å²) < 4.78 is 5.95. The van der Waals surface area contributed by atoms with Gasteiger partial charge in [-0.15, -0.1) is 0 Å².